The molecule has 0 heterocycles. The van der Waals surface area contributed by atoms with Crippen molar-refractivity contribution in [2.45, 2.75) is 18.6 Å². The zero-order valence-electron chi connectivity index (χ0n) is 8.40. The highest BCUT2D eigenvalue weighted by Crippen LogP contribution is 2.27. The molecule has 0 bridgehead atoms. The summed E-state index contributed by atoms with van der Waals surface area (Å²) in [6, 6.07) is 1.44. The number of nitrogen functional groups attached to an aromatic ring is 1. The lowest BCUT2D eigenvalue weighted by Crippen LogP contribution is -2.21. The number of hydrogen-bond acceptors (Lipinski definition) is 4. The number of rotatable bonds is 4. The van der Waals surface area contributed by atoms with Crippen molar-refractivity contribution in [2.75, 3.05) is 12.3 Å². The van der Waals surface area contributed by atoms with Crippen LogP contribution < -0.4 is 5.73 Å². The molecule has 0 saturated heterocycles. The molecule has 0 saturated carbocycles. The van der Waals surface area contributed by atoms with E-state index >= 15 is 0 Å². The number of benzene rings is 1. The summed E-state index contributed by atoms with van der Waals surface area (Å²) >= 11 is 0. The van der Waals surface area contributed by atoms with Crippen LogP contribution in [0.3, 0.4) is 0 Å². The summed E-state index contributed by atoms with van der Waals surface area (Å²) in [5.41, 5.74) is 4.68. The van der Waals surface area contributed by atoms with Gasteiger partial charge in [0.05, 0.1) is 11.8 Å². The van der Waals surface area contributed by atoms with Crippen LogP contribution in [0.2, 0.25) is 0 Å². The van der Waals surface area contributed by atoms with Crippen LogP contribution >= 0.6 is 0 Å². The fourth-order valence-electron chi connectivity index (χ4n) is 1.35. The normalized spacial score (nSPS) is 14.8. The number of anilines is 1. The quantitative estimate of drug-likeness (QED) is 0.564. The topological polar surface area (TPSA) is 86.7 Å². The average molecular weight is 233 g/mol. The van der Waals surface area contributed by atoms with Crippen LogP contribution in [-0.2, 0) is 0 Å². The molecule has 0 fully saturated rings. The van der Waals surface area contributed by atoms with Gasteiger partial charge in [0.15, 0.2) is 0 Å². The van der Waals surface area contributed by atoms with Gasteiger partial charge in [-0.3, -0.25) is 0 Å². The minimum Gasteiger partial charge on any atom is -0.396 e. The lowest BCUT2D eigenvalue weighted by Gasteiger charge is -2.19. The van der Waals surface area contributed by atoms with Crippen LogP contribution in [0.5, 0.6) is 0 Å². The van der Waals surface area contributed by atoms with Crippen molar-refractivity contribution >= 4 is 5.69 Å². The van der Waals surface area contributed by atoms with Crippen molar-refractivity contribution in [3.8, 4) is 0 Å². The van der Waals surface area contributed by atoms with Gasteiger partial charge in [-0.2, -0.15) is 0 Å². The number of nitrogens with two attached hydrogens (primary N) is 1. The van der Waals surface area contributed by atoms with Gasteiger partial charge in [0, 0.05) is 18.2 Å². The minimum absolute atomic E-state index is 0.112. The lowest BCUT2D eigenvalue weighted by molar-refractivity contribution is 0.00435. The largest absolute Gasteiger partial charge is 0.396 e. The van der Waals surface area contributed by atoms with E-state index in [2.05, 4.69) is 0 Å². The van der Waals surface area contributed by atoms with Crippen LogP contribution in [0.4, 0.5) is 14.5 Å². The van der Waals surface area contributed by atoms with E-state index in [4.69, 9.17) is 10.8 Å². The van der Waals surface area contributed by atoms with Crippen LogP contribution in [0.25, 0.3) is 0 Å². The van der Waals surface area contributed by atoms with E-state index in [9.17, 15) is 19.0 Å². The van der Waals surface area contributed by atoms with Gasteiger partial charge in [-0.05, 0) is 12.5 Å². The molecule has 5 N–H and O–H groups in total. The van der Waals surface area contributed by atoms with Crippen molar-refractivity contribution in [2.24, 2.45) is 0 Å². The first-order valence-corrected chi connectivity index (χ1v) is 4.68. The molecular weight excluding hydrogens is 220 g/mol. The van der Waals surface area contributed by atoms with Crippen LogP contribution in [0.1, 0.15) is 18.1 Å². The Balaban J connectivity index is 3.03. The van der Waals surface area contributed by atoms with Gasteiger partial charge < -0.3 is 21.1 Å². The summed E-state index contributed by atoms with van der Waals surface area (Å²) < 4.78 is 25.9. The Hall–Kier alpha value is -1.24. The fourth-order valence-corrected chi connectivity index (χ4v) is 1.35. The summed E-state index contributed by atoms with van der Waals surface area (Å²) in [7, 11) is 0. The first kappa shape index (κ1) is 12.8. The molecule has 0 aliphatic carbocycles. The molecule has 6 heteroatoms. The predicted octanol–water partition coefficient (Wildman–Crippen LogP) is 0.324. The van der Waals surface area contributed by atoms with Crippen molar-refractivity contribution in [3.63, 3.8) is 0 Å². The smallest absolute Gasteiger partial charge is 0.149 e. The second-order valence-electron chi connectivity index (χ2n) is 3.41. The summed E-state index contributed by atoms with van der Waals surface area (Å²) in [6.45, 7) is -0.351. The maximum absolute atomic E-state index is 13.0. The third-order valence-electron chi connectivity index (χ3n) is 2.23. The molecule has 4 nitrogen and oxygen atoms in total. The molecule has 0 radical (unpaired) electrons. The number of aliphatic hydroxyl groups is 3. The second kappa shape index (κ2) is 5.20. The Kier molecular flexibility index (Phi) is 4.17. The van der Waals surface area contributed by atoms with E-state index in [1.807, 2.05) is 0 Å². The lowest BCUT2D eigenvalue weighted by atomic mass is 10.0. The number of halogens is 2. The molecule has 90 valence electrons. The van der Waals surface area contributed by atoms with Crippen LogP contribution in [0, 0.1) is 11.6 Å². The van der Waals surface area contributed by atoms with Crippen LogP contribution in [0.15, 0.2) is 12.1 Å². The zero-order valence-corrected chi connectivity index (χ0v) is 8.40. The predicted molar refractivity (Wildman–Crippen MR) is 53.4 cm³/mol. The molecule has 1 aromatic carbocycles. The molecular formula is C10H13F2NO3. The van der Waals surface area contributed by atoms with E-state index in [0.29, 0.717) is 6.07 Å². The highest BCUT2D eigenvalue weighted by molar-refractivity contribution is 5.49. The summed E-state index contributed by atoms with van der Waals surface area (Å²) in [4.78, 5) is 0. The second-order valence-corrected chi connectivity index (χ2v) is 3.41. The monoisotopic (exact) mass is 233 g/mol. The van der Waals surface area contributed by atoms with Crippen LogP contribution in [-0.4, -0.2) is 28.0 Å². The molecule has 0 aromatic heterocycles. The third kappa shape index (κ3) is 2.66. The molecule has 0 aliphatic heterocycles. The number of hydrogen-bond donors (Lipinski definition) is 4. The van der Waals surface area contributed by atoms with E-state index in [-0.39, 0.29) is 18.6 Å². The van der Waals surface area contributed by atoms with E-state index in [1.165, 1.54) is 0 Å². The van der Waals surface area contributed by atoms with Gasteiger partial charge >= 0.3 is 0 Å². The van der Waals surface area contributed by atoms with Crippen molar-refractivity contribution in [1.82, 2.24) is 0 Å². The van der Waals surface area contributed by atoms with Gasteiger partial charge in [0.1, 0.15) is 17.7 Å². The molecule has 0 amide bonds. The van der Waals surface area contributed by atoms with Crippen molar-refractivity contribution in [3.05, 3.63) is 29.3 Å². The third-order valence-corrected chi connectivity index (χ3v) is 2.23. The molecule has 1 rings (SSSR count). The molecule has 1 aromatic rings. The van der Waals surface area contributed by atoms with Gasteiger partial charge in [-0.15, -0.1) is 0 Å². The Morgan fingerprint density at radius 1 is 1.25 bits per heavy atom. The van der Waals surface area contributed by atoms with Crippen molar-refractivity contribution in [1.29, 1.82) is 0 Å². The zero-order chi connectivity index (χ0) is 12.3. The first-order chi connectivity index (χ1) is 7.47. The Labute approximate surface area is 90.9 Å². The highest BCUT2D eigenvalue weighted by Gasteiger charge is 2.22. The van der Waals surface area contributed by atoms with E-state index in [0.717, 1.165) is 6.07 Å². The molecule has 16 heavy (non-hydrogen) atoms. The van der Waals surface area contributed by atoms with E-state index in [1.54, 1.807) is 0 Å². The Morgan fingerprint density at radius 2 is 1.88 bits per heavy atom. The first-order valence-electron chi connectivity index (χ1n) is 4.68. The van der Waals surface area contributed by atoms with E-state index < -0.39 is 29.5 Å². The van der Waals surface area contributed by atoms with Gasteiger partial charge in [0.25, 0.3) is 0 Å². The fraction of sp³-hybridized carbons (Fsp3) is 0.400. The molecule has 2 atom stereocenters. The molecule has 2 unspecified atom stereocenters. The Bertz CT molecular complexity index is 373. The SMILES string of the molecule is Nc1c(F)cc(F)cc1C(O)C(O)CCO. The maximum atomic E-state index is 13.0. The number of aliphatic hydroxyl groups excluding tert-OH is 3. The van der Waals surface area contributed by atoms with Gasteiger partial charge in [-0.1, -0.05) is 0 Å². The molecule has 0 aliphatic rings. The average Bonchev–Trinajstić information content (AvgIpc) is 2.22. The standard InChI is InChI=1S/C10H13F2NO3/c11-5-3-6(9(13)7(12)4-5)10(16)8(15)1-2-14/h3-4,8,10,14-16H,1-2,13H2. The highest BCUT2D eigenvalue weighted by atomic mass is 19.1. The van der Waals surface area contributed by atoms with Gasteiger partial charge in [-0.25, -0.2) is 8.78 Å². The maximum Gasteiger partial charge on any atom is 0.149 e. The summed E-state index contributed by atoms with van der Waals surface area (Å²) in [6.07, 6.45) is -2.97. The van der Waals surface area contributed by atoms with Gasteiger partial charge in [0.2, 0.25) is 0 Å². The minimum atomic E-state index is -1.53. The van der Waals surface area contributed by atoms with Crippen molar-refractivity contribution < 1.29 is 24.1 Å². The summed E-state index contributed by atoms with van der Waals surface area (Å²) in [5, 5.41) is 27.5. The summed E-state index contributed by atoms with van der Waals surface area (Å²) in [5.74, 6) is -1.89. The Morgan fingerprint density at radius 3 is 2.44 bits per heavy atom. The molecule has 0 spiro atoms.